The predicted molar refractivity (Wildman–Crippen MR) is 138 cm³/mol. The number of hydrogen-bond acceptors (Lipinski definition) is 2. The summed E-state index contributed by atoms with van der Waals surface area (Å²) >= 11 is 6.51. The van der Waals surface area contributed by atoms with E-state index in [1.807, 2.05) is 84.9 Å². The minimum atomic E-state index is -0.312. The highest BCUT2D eigenvalue weighted by Crippen LogP contribution is 2.34. The molecule has 0 radical (unpaired) electrons. The molecule has 2 amide bonds. The number of hydrogen-bond donors (Lipinski definition) is 2. The van der Waals surface area contributed by atoms with Crippen molar-refractivity contribution in [1.82, 2.24) is 4.98 Å². The molecular weight excluding hydrogens is 430 g/mol. The van der Waals surface area contributed by atoms with Gasteiger partial charge in [-0.2, -0.15) is 0 Å². The molecule has 33 heavy (non-hydrogen) atoms. The van der Waals surface area contributed by atoms with E-state index < -0.39 is 0 Å². The lowest BCUT2D eigenvalue weighted by Gasteiger charge is -2.17. The Morgan fingerprint density at radius 2 is 1.45 bits per heavy atom. The fourth-order valence-corrected chi connectivity index (χ4v) is 4.08. The molecule has 166 valence electrons. The molecule has 0 aliphatic carbocycles. The summed E-state index contributed by atoms with van der Waals surface area (Å²) < 4.78 is 0. The van der Waals surface area contributed by atoms with Gasteiger partial charge in [-0.25, -0.2) is 9.78 Å². The summed E-state index contributed by atoms with van der Waals surface area (Å²) in [6, 6.07) is 27.0. The van der Waals surface area contributed by atoms with Crippen LogP contribution >= 0.6 is 11.6 Å². The van der Waals surface area contributed by atoms with Gasteiger partial charge in [-0.1, -0.05) is 92.2 Å². The van der Waals surface area contributed by atoms with Crippen LogP contribution in [0.3, 0.4) is 0 Å². The van der Waals surface area contributed by atoms with E-state index in [9.17, 15) is 4.79 Å². The van der Waals surface area contributed by atoms with Crippen LogP contribution in [0.2, 0.25) is 5.02 Å². The first-order valence-electron chi connectivity index (χ1n) is 11.1. The lowest BCUT2D eigenvalue weighted by atomic mass is 10.0. The molecule has 5 heteroatoms. The minimum Gasteiger partial charge on any atom is -0.307 e. The van der Waals surface area contributed by atoms with Crippen molar-refractivity contribution in [2.45, 2.75) is 26.7 Å². The van der Waals surface area contributed by atoms with Crippen LogP contribution in [0.15, 0.2) is 84.9 Å². The number of nitrogens with one attached hydrogen (secondary N) is 2. The van der Waals surface area contributed by atoms with Gasteiger partial charge in [-0.05, 0) is 42.2 Å². The number of benzene rings is 3. The maximum Gasteiger partial charge on any atom is 0.323 e. The van der Waals surface area contributed by atoms with E-state index in [4.69, 9.17) is 16.6 Å². The van der Waals surface area contributed by atoms with Crippen LogP contribution in [0.25, 0.3) is 22.5 Å². The quantitative estimate of drug-likeness (QED) is 0.311. The maximum absolute atomic E-state index is 13.1. The van der Waals surface area contributed by atoms with Gasteiger partial charge in [0.15, 0.2) is 0 Å². The molecule has 0 unspecified atom stereocenters. The third-order valence-electron chi connectivity index (χ3n) is 5.58. The molecular formula is C28H26ClN3O. The minimum absolute atomic E-state index is 0.312. The molecule has 4 aromatic rings. The molecule has 2 N–H and O–H groups in total. The number of rotatable bonds is 6. The highest BCUT2D eigenvalue weighted by atomic mass is 35.5. The molecule has 0 bridgehead atoms. The molecule has 0 atom stereocenters. The maximum atomic E-state index is 13.1. The summed E-state index contributed by atoms with van der Waals surface area (Å²) in [5, 5.41) is 6.63. The molecule has 1 heterocycles. The van der Waals surface area contributed by atoms with Crippen molar-refractivity contribution < 1.29 is 4.79 Å². The zero-order valence-electron chi connectivity index (χ0n) is 18.7. The van der Waals surface area contributed by atoms with E-state index in [1.165, 1.54) is 0 Å². The van der Waals surface area contributed by atoms with Gasteiger partial charge >= 0.3 is 6.03 Å². The zero-order valence-corrected chi connectivity index (χ0v) is 19.5. The summed E-state index contributed by atoms with van der Waals surface area (Å²) in [5.41, 5.74) is 6.85. The SMILES string of the molecule is CCc1cccc(CC)c1NC(=O)Nc1ccc(-c2ccccc2)nc1-c1ccccc1Cl. The van der Waals surface area contributed by atoms with Crippen molar-refractivity contribution in [3.63, 3.8) is 0 Å². The summed E-state index contributed by atoms with van der Waals surface area (Å²) in [5.74, 6) is 0. The van der Waals surface area contributed by atoms with E-state index in [0.29, 0.717) is 16.4 Å². The van der Waals surface area contributed by atoms with E-state index in [1.54, 1.807) is 0 Å². The summed E-state index contributed by atoms with van der Waals surface area (Å²) in [6.45, 7) is 4.17. The number of para-hydroxylation sites is 1. The van der Waals surface area contributed by atoms with Gasteiger partial charge in [0.1, 0.15) is 0 Å². The Bertz CT molecular complexity index is 1250. The van der Waals surface area contributed by atoms with Crippen LogP contribution < -0.4 is 10.6 Å². The standard InChI is InChI=1S/C28H26ClN3O/c1-3-19-13-10-14-20(4-2)26(19)32-28(33)31-25-18-17-24(21-11-6-5-7-12-21)30-27(25)22-15-8-9-16-23(22)29/h5-18H,3-4H2,1-2H3,(H2,31,32,33). The van der Waals surface area contributed by atoms with Gasteiger partial charge < -0.3 is 10.6 Å². The van der Waals surface area contributed by atoms with E-state index in [-0.39, 0.29) is 6.03 Å². The monoisotopic (exact) mass is 455 g/mol. The van der Waals surface area contributed by atoms with Crippen molar-refractivity contribution in [2.24, 2.45) is 0 Å². The van der Waals surface area contributed by atoms with Crippen molar-refractivity contribution in [3.05, 3.63) is 101 Å². The molecule has 4 nitrogen and oxygen atoms in total. The number of carbonyl (C=O) groups is 1. The Morgan fingerprint density at radius 3 is 2.12 bits per heavy atom. The van der Waals surface area contributed by atoms with Crippen LogP contribution in [0.4, 0.5) is 16.2 Å². The molecule has 0 spiro atoms. The number of anilines is 2. The van der Waals surface area contributed by atoms with Crippen LogP contribution in [-0.4, -0.2) is 11.0 Å². The van der Waals surface area contributed by atoms with Crippen molar-refractivity contribution in [2.75, 3.05) is 10.6 Å². The number of carbonyl (C=O) groups excluding carboxylic acids is 1. The largest absolute Gasteiger partial charge is 0.323 e. The molecule has 0 saturated heterocycles. The first-order chi connectivity index (χ1) is 16.1. The number of urea groups is 1. The second-order valence-electron chi connectivity index (χ2n) is 7.68. The fraction of sp³-hybridized carbons (Fsp3) is 0.143. The smallest absolute Gasteiger partial charge is 0.307 e. The van der Waals surface area contributed by atoms with Gasteiger partial charge in [0.25, 0.3) is 0 Å². The van der Waals surface area contributed by atoms with Crippen molar-refractivity contribution in [3.8, 4) is 22.5 Å². The molecule has 3 aromatic carbocycles. The van der Waals surface area contributed by atoms with Gasteiger partial charge in [-0.3, -0.25) is 0 Å². The summed E-state index contributed by atoms with van der Waals surface area (Å²) in [6.07, 6.45) is 1.67. The van der Waals surface area contributed by atoms with Crippen LogP contribution in [0.5, 0.6) is 0 Å². The second kappa shape index (κ2) is 10.3. The number of halogens is 1. The van der Waals surface area contributed by atoms with Crippen LogP contribution in [-0.2, 0) is 12.8 Å². The normalized spacial score (nSPS) is 10.6. The lowest BCUT2D eigenvalue weighted by molar-refractivity contribution is 0.262. The summed E-state index contributed by atoms with van der Waals surface area (Å²) in [7, 11) is 0. The number of aromatic nitrogens is 1. The average Bonchev–Trinajstić information content (AvgIpc) is 2.85. The van der Waals surface area contributed by atoms with E-state index in [2.05, 4.69) is 24.5 Å². The van der Waals surface area contributed by atoms with Gasteiger partial charge in [0.05, 0.1) is 22.1 Å². The Morgan fingerprint density at radius 1 is 0.788 bits per heavy atom. The number of amides is 2. The predicted octanol–water partition coefficient (Wildman–Crippen LogP) is 7.84. The molecule has 0 saturated carbocycles. The first-order valence-corrected chi connectivity index (χ1v) is 11.5. The molecule has 0 fully saturated rings. The highest BCUT2D eigenvalue weighted by molar-refractivity contribution is 6.33. The first kappa shape index (κ1) is 22.6. The average molecular weight is 456 g/mol. The van der Waals surface area contributed by atoms with Gasteiger partial charge in [0.2, 0.25) is 0 Å². The van der Waals surface area contributed by atoms with E-state index >= 15 is 0 Å². The zero-order chi connectivity index (χ0) is 23.2. The van der Waals surface area contributed by atoms with Crippen molar-refractivity contribution in [1.29, 1.82) is 0 Å². The Labute approximate surface area is 199 Å². The van der Waals surface area contributed by atoms with Gasteiger partial charge in [0, 0.05) is 16.8 Å². The van der Waals surface area contributed by atoms with Crippen LogP contribution in [0.1, 0.15) is 25.0 Å². The van der Waals surface area contributed by atoms with Crippen LogP contribution in [0, 0.1) is 0 Å². The third kappa shape index (κ3) is 5.07. The molecule has 0 aliphatic rings. The lowest BCUT2D eigenvalue weighted by Crippen LogP contribution is -2.22. The second-order valence-corrected chi connectivity index (χ2v) is 8.08. The Kier molecular flexibility index (Phi) is 7.06. The Hall–Kier alpha value is -3.63. The summed E-state index contributed by atoms with van der Waals surface area (Å²) in [4.78, 5) is 17.9. The highest BCUT2D eigenvalue weighted by Gasteiger charge is 2.16. The molecule has 4 rings (SSSR count). The number of aryl methyl sites for hydroxylation is 2. The Balaban J connectivity index is 1.71. The van der Waals surface area contributed by atoms with Crippen molar-refractivity contribution >= 4 is 29.0 Å². The van der Waals surface area contributed by atoms with E-state index in [0.717, 1.165) is 46.5 Å². The molecule has 0 aliphatic heterocycles. The topological polar surface area (TPSA) is 54.0 Å². The number of pyridine rings is 1. The number of nitrogens with zero attached hydrogens (tertiary/aromatic N) is 1. The third-order valence-corrected chi connectivity index (χ3v) is 5.91. The van der Waals surface area contributed by atoms with Gasteiger partial charge in [-0.15, -0.1) is 0 Å². The molecule has 1 aromatic heterocycles. The fourth-order valence-electron chi connectivity index (χ4n) is 3.86.